The normalized spacial score (nSPS) is 24.0. The van der Waals surface area contributed by atoms with Crippen molar-refractivity contribution in [1.82, 2.24) is 9.88 Å². The first-order chi connectivity index (χ1) is 11.0. The first-order valence-electron chi connectivity index (χ1n) is 7.67. The lowest BCUT2D eigenvalue weighted by atomic mass is 9.78. The Bertz CT molecular complexity index is 630. The number of nitrogens with one attached hydrogen (secondary N) is 1. The van der Waals surface area contributed by atoms with Gasteiger partial charge >= 0.3 is 0 Å². The number of hydrogen-bond acceptors (Lipinski definition) is 6. The molecular formula is C15H21N5O3. The standard InChI is InChI=1S/C15H21N5O3/c16-13(21)11-7-10-12(8-18-11)19-9-15(10,14(17)22)1-2-20-3-5-23-6-4-20/h7-8,19H,1-6,9H2,(H2,16,21)(H2,17,22). The number of primary amides is 2. The van der Waals surface area contributed by atoms with Gasteiger partial charge in [-0.1, -0.05) is 0 Å². The maximum atomic E-state index is 12.2. The smallest absolute Gasteiger partial charge is 0.267 e. The van der Waals surface area contributed by atoms with Gasteiger partial charge in [-0.3, -0.25) is 14.5 Å². The van der Waals surface area contributed by atoms with Gasteiger partial charge in [0.25, 0.3) is 5.91 Å². The molecule has 0 aliphatic carbocycles. The van der Waals surface area contributed by atoms with Crippen molar-refractivity contribution in [3.63, 3.8) is 0 Å². The van der Waals surface area contributed by atoms with E-state index in [1.54, 1.807) is 6.07 Å². The van der Waals surface area contributed by atoms with E-state index < -0.39 is 17.2 Å². The molecule has 23 heavy (non-hydrogen) atoms. The zero-order valence-corrected chi connectivity index (χ0v) is 12.9. The van der Waals surface area contributed by atoms with E-state index in [-0.39, 0.29) is 5.69 Å². The Morgan fingerprint density at radius 2 is 2.09 bits per heavy atom. The largest absolute Gasteiger partial charge is 0.382 e. The van der Waals surface area contributed by atoms with E-state index in [2.05, 4.69) is 15.2 Å². The zero-order valence-electron chi connectivity index (χ0n) is 12.9. The van der Waals surface area contributed by atoms with Crippen LogP contribution in [0.1, 0.15) is 22.5 Å². The fourth-order valence-corrected chi connectivity index (χ4v) is 3.21. The Morgan fingerprint density at radius 3 is 2.74 bits per heavy atom. The SMILES string of the molecule is NC(=O)c1cc2c(cn1)NCC2(CCN1CCOCC1)C(N)=O. The highest BCUT2D eigenvalue weighted by molar-refractivity contribution is 5.95. The van der Waals surface area contributed by atoms with Crippen LogP contribution in [-0.4, -0.2) is 61.1 Å². The summed E-state index contributed by atoms with van der Waals surface area (Å²) in [7, 11) is 0. The van der Waals surface area contributed by atoms with Crippen LogP contribution in [0.4, 0.5) is 5.69 Å². The first kappa shape index (κ1) is 15.7. The number of morpholine rings is 1. The molecule has 3 rings (SSSR count). The predicted molar refractivity (Wildman–Crippen MR) is 84.0 cm³/mol. The van der Waals surface area contributed by atoms with Crippen LogP contribution in [-0.2, 0) is 14.9 Å². The second-order valence-electron chi connectivity index (χ2n) is 5.98. The van der Waals surface area contributed by atoms with E-state index in [9.17, 15) is 9.59 Å². The minimum absolute atomic E-state index is 0.143. The molecule has 8 heteroatoms. The molecule has 3 heterocycles. The summed E-state index contributed by atoms with van der Waals surface area (Å²) in [5, 5.41) is 3.17. The van der Waals surface area contributed by atoms with Crippen LogP contribution in [0, 0.1) is 0 Å². The molecule has 2 aliphatic rings. The third kappa shape index (κ3) is 2.87. The predicted octanol–water partition coefficient (Wildman–Crippen LogP) is -0.949. The molecule has 1 unspecified atom stereocenters. The summed E-state index contributed by atoms with van der Waals surface area (Å²) in [6.07, 6.45) is 2.11. The van der Waals surface area contributed by atoms with Crippen molar-refractivity contribution in [2.45, 2.75) is 11.8 Å². The lowest BCUT2D eigenvalue weighted by Gasteiger charge is -2.31. The molecule has 1 fully saturated rings. The number of nitrogens with zero attached hydrogens (tertiary/aromatic N) is 2. The lowest BCUT2D eigenvalue weighted by molar-refractivity contribution is -0.123. The van der Waals surface area contributed by atoms with Crippen LogP contribution in [0.25, 0.3) is 0 Å². The number of hydrogen-bond donors (Lipinski definition) is 3. The number of nitrogens with two attached hydrogens (primary N) is 2. The summed E-state index contributed by atoms with van der Waals surface area (Å²) >= 11 is 0. The molecular weight excluding hydrogens is 298 g/mol. The van der Waals surface area contributed by atoms with Crippen LogP contribution in [0.15, 0.2) is 12.3 Å². The molecule has 2 aliphatic heterocycles. The topological polar surface area (TPSA) is 124 Å². The summed E-state index contributed by atoms with van der Waals surface area (Å²) in [5.74, 6) is -1.02. The van der Waals surface area contributed by atoms with Gasteiger partial charge in [-0.15, -0.1) is 0 Å². The van der Waals surface area contributed by atoms with Crippen LogP contribution in [0.2, 0.25) is 0 Å². The van der Waals surface area contributed by atoms with Gasteiger partial charge in [0.05, 0.1) is 30.5 Å². The minimum atomic E-state index is -0.846. The number of ether oxygens (including phenoxy) is 1. The van der Waals surface area contributed by atoms with Crippen LogP contribution in [0.3, 0.4) is 0 Å². The molecule has 1 atom stereocenters. The molecule has 0 aromatic carbocycles. The minimum Gasteiger partial charge on any atom is -0.382 e. The first-order valence-corrected chi connectivity index (χ1v) is 7.67. The van der Waals surface area contributed by atoms with Gasteiger partial charge < -0.3 is 21.5 Å². The number of pyridine rings is 1. The number of amides is 2. The van der Waals surface area contributed by atoms with Gasteiger partial charge in [0.2, 0.25) is 5.91 Å². The summed E-state index contributed by atoms with van der Waals surface area (Å²) in [4.78, 5) is 29.9. The number of aromatic nitrogens is 1. The molecule has 0 bridgehead atoms. The maximum absolute atomic E-state index is 12.2. The maximum Gasteiger partial charge on any atom is 0.267 e. The number of carbonyl (C=O) groups is 2. The lowest BCUT2D eigenvalue weighted by Crippen LogP contribution is -2.47. The Morgan fingerprint density at radius 1 is 1.35 bits per heavy atom. The number of anilines is 1. The van der Waals surface area contributed by atoms with Gasteiger partial charge in [-0.05, 0) is 24.6 Å². The fraction of sp³-hybridized carbons (Fsp3) is 0.533. The fourth-order valence-electron chi connectivity index (χ4n) is 3.21. The van der Waals surface area contributed by atoms with Crippen LogP contribution < -0.4 is 16.8 Å². The molecule has 0 saturated carbocycles. The molecule has 124 valence electrons. The van der Waals surface area contributed by atoms with Gasteiger partial charge in [0.15, 0.2) is 0 Å². The molecule has 1 aromatic rings. The monoisotopic (exact) mass is 319 g/mol. The van der Waals surface area contributed by atoms with Gasteiger partial charge in [-0.25, -0.2) is 4.98 Å². The third-order valence-corrected chi connectivity index (χ3v) is 4.68. The van der Waals surface area contributed by atoms with Crippen molar-refractivity contribution in [1.29, 1.82) is 0 Å². The second-order valence-corrected chi connectivity index (χ2v) is 5.98. The molecule has 1 saturated heterocycles. The number of carbonyl (C=O) groups excluding carboxylic acids is 2. The Kier molecular flexibility index (Phi) is 4.18. The Labute approximate surface area is 134 Å². The zero-order chi connectivity index (χ0) is 16.4. The van der Waals surface area contributed by atoms with Gasteiger partial charge in [-0.2, -0.15) is 0 Å². The van der Waals surface area contributed by atoms with E-state index in [0.29, 0.717) is 31.7 Å². The molecule has 5 N–H and O–H groups in total. The Hall–Kier alpha value is -2.19. The molecule has 0 spiro atoms. The highest BCUT2D eigenvalue weighted by atomic mass is 16.5. The van der Waals surface area contributed by atoms with Crippen molar-refractivity contribution >= 4 is 17.5 Å². The van der Waals surface area contributed by atoms with E-state index in [4.69, 9.17) is 16.2 Å². The van der Waals surface area contributed by atoms with E-state index in [0.717, 1.165) is 25.3 Å². The van der Waals surface area contributed by atoms with Crippen LogP contribution in [0.5, 0.6) is 0 Å². The van der Waals surface area contributed by atoms with E-state index in [1.165, 1.54) is 6.20 Å². The molecule has 0 radical (unpaired) electrons. The average molecular weight is 319 g/mol. The summed E-state index contributed by atoms with van der Waals surface area (Å²) in [6, 6.07) is 1.59. The highest BCUT2D eigenvalue weighted by Gasteiger charge is 2.44. The van der Waals surface area contributed by atoms with Crippen molar-refractivity contribution in [3.05, 3.63) is 23.5 Å². The van der Waals surface area contributed by atoms with Crippen molar-refractivity contribution in [3.8, 4) is 0 Å². The number of rotatable bonds is 5. The van der Waals surface area contributed by atoms with Gasteiger partial charge in [0, 0.05) is 19.6 Å². The molecule has 2 amide bonds. The van der Waals surface area contributed by atoms with Crippen LogP contribution >= 0.6 is 0 Å². The molecule has 1 aromatic heterocycles. The van der Waals surface area contributed by atoms with E-state index in [1.807, 2.05) is 0 Å². The second kappa shape index (κ2) is 6.13. The average Bonchev–Trinajstić information content (AvgIpc) is 2.93. The number of fused-ring (bicyclic) bond motifs is 1. The summed E-state index contributed by atoms with van der Waals surface area (Å²) in [5.41, 5.74) is 11.8. The third-order valence-electron chi connectivity index (χ3n) is 4.68. The summed E-state index contributed by atoms with van der Waals surface area (Å²) in [6.45, 7) is 4.24. The Balaban J connectivity index is 1.86. The molecule has 8 nitrogen and oxygen atoms in total. The summed E-state index contributed by atoms with van der Waals surface area (Å²) < 4.78 is 5.34. The van der Waals surface area contributed by atoms with Crippen molar-refractivity contribution in [2.75, 3.05) is 44.7 Å². The van der Waals surface area contributed by atoms with Gasteiger partial charge in [0.1, 0.15) is 5.69 Å². The quantitative estimate of drug-likeness (QED) is 0.643. The van der Waals surface area contributed by atoms with Crippen molar-refractivity contribution < 1.29 is 14.3 Å². The highest BCUT2D eigenvalue weighted by Crippen LogP contribution is 2.39. The van der Waals surface area contributed by atoms with E-state index >= 15 is 0 Å². The van der Waals surface area contributed by atoms with Crippen molar-refractivity contribution in [2.24, 2.45) is 11.5 Å².